The summed E-state index contributed by atoms with van der Waals surface area (Å²) in [6.45, 7) is 3.75. The molecule has 0 spiro atoms. The maximum Gasteiger partial charge on any atom is 0.422 e. The normalized spacial score (nSPS) is 23.2. The van der Waals surface area contributed by atoms with Crippen molar-refractivity contribution >= 4 is 0 Å². The number of allylic oxidation sites excluding steroid dienone is 3. The van der Waals surface area contributed by atoms with Crippen LogP contribution in [0.3, 0.4) is 0 Å². The van der Waals surface area contributed by atoms with Gasteiger partial charge in [0.2, 0.25) is 0 Å². The van der Waals surface area contributed by atoms with Crippen LogP contribution in [-0.2, 0) is 19.0 Å². The molecule has 0 N–H and O–H groups in total. The highest BCUT2D eigenvalue weighted by molar-refractivity contribution is 5.32. The van der Waals surface area contributed by atoms with E-state index in [1.54, 1.807) is 0 Å². The number of aryl methyl sites for hydroxylation is 2. The molecule has 0 heterocycles. The van der Waals surface area contributed by atoms with Crippen LogP contribution in [0.4, 0.5) is 39.5 Å². The first-order valence-corrected chi connectivity index (χ1v) is 16.1. The Balaban J connectivity index is 1.20. The van der Waals surface area contributed by atoms with Gasteiger partial charge in [0.25, 0.3) is 0 Å². The van der Waals surface area contributed by atoms with E-state index in [0.717, 1.165) is 51.4 Å². The first kappa shape index (κ1) is 35.9. The fourth-order valence-electron chi connectivity index (χ4n) is 6.80. The summed E-state index contributed by atoms with van der Waals surface area (Å²) in [5, 5.41) is 0. The molecule has 0 aromatic heterocycles. The fraction of sp³-hybridized carbons (Fsp3) is 0.556. The highest BCUT2D eigenvalue weighted by Gasteiger charge is 2.46. The van der Waals surface area contributed by atoms with Crippen molar-refractivity contribution in [3.05, 3.63) is 89.0 Å². The zero-order valence-corrected chi connectivity index (χ0v) is 25.8. The zero-order valence-electron chi connectivity index (χ0n) is 25.8. The van der Waals surface area contributed by atoms with Gasteiger partial charge in [0.15, 0.2) is 0 Å². The molecule has 2 aliphatic carbocycles. The average molecular weight is 661 g/mol. The monoisotopic (exact) mass is 660 g/mol. The minimum absolute atomic E-state index is 0.0593. The second-order valence-electron chi connectivity index (χ2n) is 12.8. The lowest BCUT2D eigenvalue weighted by Gasteiger charge is -2.33. The smallest absolute Gasteiger partial charge is 0.422 e. The summed E-state index contributed by atoms with van der Waals surface area (Å²) in [6.07, 6.45) is 0.769. The summed E-state index contributed by atoms with van der Waals surface area (Å²) >= 11 is 0. The van der Waals surface area contributed by atoms with E-state index in [1.165, 1.54) is 11.1 Å². The number of hydrogen-bond donors (Lipinski definition) is 0. The molecule has 2 saturated carbocycles. The van der Waals surface area contributed by atoms with Crippen LogP contribution in [0.5, 0.6) is 5.75 Å². The molecular weight excluding hydrogens is 619 g/mol. The number of benzene rings is 2. The molecule has 2 fully saturated rings. The van der Waals surface area contributed by atoms with Gasteiger partial charge in [-0.2, -0.15) is 22.0 Å². The van der Waals surface area contributed by atoms with E-state index in [4.69, 9.17) is 0 Å². The lowest BCUT2D eigenvalue weighted by molar-refractivity contribution is -0.223. The molecule has 4 rings (SSSR count). The quantitative estimate of drug-likeness (QED) is 0.118. The van der Waals surface area contributed by atoms with E-state index in [9.17, 15) is 30.7 Å². The summed E-state index contributed by atoms with van der Waals surface area (Å²) in [5.74, 6) is -9.32. The summed E-state index contributed by atoms with van der Waals surface area (Å²) in [6, 6.07) is 8.79. The maximum atomic E-state index is 15.2. The van der Waals surface area contributed by atoms with E-state index in [1.807, 2.05) is 6.08 Å². The largest absolute Gasteiger partial charge is 0.432 e. The Morgan fingerprint density at radius 3 is 1.74 bits per heavy atom. The third-order valence-corrected chi connectivity index (χ3v) is 9.54. The first-order valence-electron chi connectivity index (χ1n) is 16.1. The third-order valence-electron chi connectivity index (χ3n) is 9.54. The van der Waals surface area contributed by atoms with Crippen molar-refractivity contribution in [1.29, 1.82) is 0 Å². The second-order valence-corrected chi connectivity index (χ2v) is 12.8. The molecule has 0 atom stereocenters. The van der Waals surface area contributed by atoms with Crippen LogP contribution in [0, 0.1) is 35.3 Å². The van der Waals surface area contributed by atoms with Crippen LogP contribution in [-0.4, -0.2) is 6.11 Å². The van der Waals surface area contributed by atoms with Gasteiger partial charge in [-0.05, 0) is 94.1 Å². The van der Waals surface area contributed by atoms with Crippen LogP contribution in [0.25, 0.3) is 0 Å². The summed E-state index contributed by atoms with van der Waals surface area (Å²) in [5.41, 5.74) is 0.410. The summed E-state index contributed by atoms with van der Waals surface area (Å²) < 4.78 is 130. The number of hydrogen-bond acceptors (Lipinski definition) is 1. The molecule has 0 saturated heterocycles. The van der Waals surface area contributed by atoms with E-state index in [2.05, 4.69) is 35.6 Å². The van der Waals surface area contributed by atoms with E-state index in [-0.39, 0.29) is 37.8 Å². The summed E-state index contributed by atoms with van der Waals surface area (Å²) in [4.78, 5) is 0. The van der Waals surface area contributed by atoms with Gasteiger partial charge in [0, 0.05) is 24.0 Å². The lowest BCUT2D eigenvalue weighted by Crippen LogP contribution is -2.37. The number of ether oxygens (including phenoxy) is 1. The molecule has 46 heavy (non-hydrogen) atoms. The molecule has 2 aromatic carbocycles. The lowest BCUT2D eigenvalue weighted by atomic mass is 9.77. The minimum Gasteiger partial charge on any atom is -0.432 e. The number of unbranched alkanes of at least 4 members (excludes halogenated alkanes) is 1. The Labute approximate surface area is 264 Å². The van der Waals surface area contributed by atoms with Gasteiger partial charge in [-0.25, -0.2) is 17.6 Å². The van der Waals surface area contributed by atoms with Gasteiger partial charge in [-0.1, -0.05) is 43.2 Å². The number of alkyl halides is 5. The van der Waals surface area contributed by atoms with Crippen molar-refractivity contribution in [1.82, 2.24) is 0 Å². The zero-order chi connectivity index (χ0) is 33.5. The maximum absolute atomic E-state index is 15.2. The van der Waals surface area contributed by atoms with Crippen LogP contribution in [0.2, 0.25) is 0 Å². The Kier molecular flexibility index (Phi) is 12.3. The van der Waals surface area contributed by atoms with E-state index >= 15 is 8.78 Å². The highest BCUT2D eigenvalue weighted by atomic mass is 19.4. The van der Waals surface area contributed by atoms with Crippen molar-refractivity contribution in [2.75, 3.05) is 0 Å². The number of halogens is 9. The molecule has 1 nitrogen and oxygen atoms in total. The molecular formula is C36H41F9O. The second kappa shape index (κ2) is 15.8. The van der Waals surface area contributed by atoms with Crippen molar-refractivity contribution in [2.45, 2.75) is 102 Å². The Hall–Kier alpha value is -2.91. The SMILES string of the molecule is C=CCCc1ccc(CCCCC2CCC(/C(F)=C(\F)C3CCC(C(F)(F)Oc4cc(F)c(C(F)(F)F)c(F)c4)CC3)CC2)cc1. The molecule has 10 heteroatoms. The highest BCUT2D eigenvalue weighted by Crippen LogP contribution is 2.46. The van der Waals surface area contributed by atoms with Crippen molar-refractivity contribution in [3.8, 4) is 5.75 Å². The molecule has 2 aliphatic rings. The van der Waals surface area contributed by atoms with Gasteiger partial charge < -0.3 is 4.74 Å². The van der Waals surface area contributed by atoms with Gasteiger partial charge in [0.05, 0.1) is 5.92 Å². The molecule has 0 bridgehead atoms. The Morgan fingerprint density at radius 2 is 1.24 bits per heavy atom. The molecule has 2 aromatic rings. The van der Waals surface area contributed by atoms with Crippen molar-refractivity contribution < 1.29 is 44.3 Å². The predicted octanol–water partition coefficient (Wildman–Crippen LogP) is 12.3. The Morgan fingerprint density at radius 1 is 0.739 bits per heavy atom. The van der Waals surface area contributed by atoms with E-state index in [0.29, 0.717) is 18.8 Å². The van der Waals surface area contributed by atoms with Gasteiger partial charge in [0.1, 0.15) is 34.6 Å². The minimum atomic E-state index is -5.35. The topological polar surface area (TPSA) is 9.23 Å². The van der Waals surface area contributed by atoms with Gasteiger partial charge in [-0.3, -0.25) is 0 Å². The number of rotatable bonds is 13. The van der Waals surface area contributed by atoms with Gasteiger partial charge in [-0.15, -0.1) is 6.58 Å². The fourth-order valence-corrected chi connectivity index (χ4v) is 6.80. The van der Waals surface area contributed by atoms with Crippen molar-refractivity contribution in [2.24, 2.45) is 23.7 Å². The average Bonchev–Trinajstić information content (AvgIpc) is 3.01. The molecule has 0 radical (unpaired) electrons. The van der Waals surface area contributed by atoms with Gasteiger partial charge >= 0.3 is 12.3 Å². The molecule has 0 unspecified atom stereocenters. The van der Waals surface area contributed by atoms with Crippen LogP contribution < -0.4 is 4.74 Å². The third kappa shape index (κ3) is 9.57. The predicted molar refractivity (Wildman–Crippen MR) is 160 cm³/mol. The first-order chi connectivity index (χ1) is 21.8. The summed E-state index contributed by atoms with van der Waals surface area (Å²) in [7, 11) is 0. The van der Waals surface area contributed by atoms with Crippen LogP contribution >= 0.6 is 0 Å². The van der Waals surface area contributed by atoms with Crippen molar-refractivity contribution in [3.63, 3.8) is 0 Å². The standard InChI is InChI=1S/C36H41F9O/c1-2-3-6-23-9-11-24(12-10-23)7-4-5-8-25-13-15-26(16-14-25)33(39)34(40)27-17-19-28(20-18-27)36(44,45)46-29-21-30(37)32(31(38)22-29)35(41,42)43/h2,9-12,21-22,25-28H,1,3-8,13-20H2/b34-33+. The molecule has 0 aliphatic heterocycles. The van der Waals surface area contributed by atoms with Crippen LogP contribution in [0.1, 0.15) is 93.7 Å². The molecule has 254 valence electrons. The van der Waals surface area contributed by atoms with E-state index < -0.39 is 64.6 Å². The Bertz CT molecular complexity index is 1290. The molecule has 0 amide bonds. The van der Waals surface area contributed by atoms with Crippen LogP contribution in [0.15, 0.2) is 60.7 Å².